The zero-order valence-corrected chi connectivity index (χ0v) is 17.3. The van der Waals surface area contributed by atoms with Gasteiger partial charge < -0.3 is 14.6 Å². The number of aromatic nitrogens is 1. The van der Waals surface area contributed by atoms with Gasteiger partial charge in [0, 0.05) is 37.4 Å². The lowest BCUT2D eigenvalue weighted by Gasteiger charge is -2.32. The highest BCUT2D eigenvalue weighted by Crippen LogP contribution is 2.31. The predicted octanol–water partition coefficient (Wildman–Crippen LogP) is 1.77. The van der Waals surface area contributed by atoms with E-state index in [1.807, 2.05) is 7.05 Å². The van der Waals surface area contributed by atoms with Crippen LogP contribution in [-0.4, -0.2) is 72.4 Å². The normalized spacial score (nSPS) is 15.1. The highest BCUT2D eigenvalue weighted by atomic mass is 19.1. The zero-order valence-electron chi connectivity index (χ0n) is 17.3. The number of hydrogen-bond donors (Lipinski definition) is 2. The Morgan fingerprint density at radius 2 is 1.77 bits per heavy atom. The average molecular weight is 416 g/mol. The number of carbonyl (C=O) groups is 3. The second-order valence-corrected chi connectivity index (χ2v) is 7.16. The third-order valence-electron chi connectivity index (χ3n) is 5.00. The molecule has 0 aliphatic carbocycles. The summed E-state index contributed by atoms with van der Waals surface area (Å²) in [6, 6.07) is 5.36. The Balaban J connectivity index is 1.96. The maximum atomic E-state index is 13.4. The number of piperazine rings is 1. The fourth-order valence-electron chi connectivity index (χ4n) is 3.39. The Hall–Kier alpha value is -3.04. The van der Waals surface area contributed by atoms with Gasteiger partial charge in [-0.25, -0.2) is 14.2 Å². The van der Waals surface area contributed by atoms with Crippen LogP contribution in [0, 0.1) is 12.7 Å². The molecule has 2 N–H and O–H groups in total. The molecule has 0 atom stereocenters. The molecule has 0 spiro atoms. The second-order valence-electron chi connectivity index (χ2n) is 7.16. The van der Waals surface area contributed by atoms with E-state index in [9.17, 15) is 18.8 Å². The number of carbonyl (C=O) groups excluding carboxylic acids is 3. The SMILES string of the molecule is CCOC(=O)c1c(C)[nH]c(C(=O)C(=O)NN2CCN(C)CC2)c1-c1ccc(F)cc1. The van der Waals surface area contributed by atoms with E-state index < -0.39 is 23.5 Å². The summed E-state index contributed by atoms with van der Waals surface area (Å²) in [5, 5.41) is 1.69. The number of likely N-dealkylation sites (N-methyl/N-ethyl adjacent to an activating group) is 1. The van der Waals surface area contributed by atoms with Gasteiger partial charge in [0.15, 0.2) is 0 Å². The molecule has 1 amide bonds. The number of esters is 1. The molecule has 1 aliphatic rings. The number of halogens is 1. The van der Waals surface area contributed by atoms with Crippen LogP contribution in [0.3, 0.4) is 0 Å². The summed E-state index contributed by atoms with van der Waals surface area (Å²) in [6.45, 7) is 6.17. The van der Waals surface area contributed by atoms with Crippen LogP contribution >= 0.6 is 0 Å². The number of nitrogens with zero attached hydrogens (tertiary/aromatic N) is 2. The van der Waals surface area contributed by atoms with Crippen molar-refractivity contribution in [2.24, 2.45) is 0 Å². The molecule has 1 saturated heterocycles. The molecule has 1 aromatic heterocycles. The monoisotopic (exact) mass is 416 g/mol. The molecule has 2 heterocycles. The first-order chi connectivity index (χ1) is 14.3. The Kier molecular flexibility index (Phi) is 6.63. The molecule has 0 radical (unpaired) electrons. The number of ether oxygens (including phenoxy) is 1. The maximum absolute atomic E-state index is 13.4. The molecular weight excluding hydrogens is 391 g/mol. The largest absolute Gasteiger partial charge is 0.462 e. The van der Waals surface area contributed by atoms with E-state index >= 15 is 0 Å². The van der Waals surface area contributed by atoms with Crippen LogP contribution in [-0.2, 0) is 9.53 Å². The van der Waals surface area contributed by atoms with Gasteiger partial charge >= 0.3 is 11.9 Å². The van der Waals surface area contributed by atoms with Crippen LogP contribution in [0.5, 0.6) is 0 Å². The van der Waals surface area contributed by atoms with Gasteiger partial charge in [-0.2, -0.15) is 0 Å². The van der Waals surface area contributed by atoms with Crippen molar-refractivity contribution in [3.63, 3.8) is 0 Å². The number of benzene rings is 1. The summed E-state index contributed by atoms with van der Waals surface area (Å²) >= 11 is 0. The van der Waals surface area contributed by atoms with E-state index in [4.69, 9.17) is 4.74 Å². The van der Waals surface area contributed by atoms with Gasteiger partial charge in [0.25, 0.3) is 5.78 Å². The van der Waals surface area contributed by atoms with Crippen LogP contribution in [0.25, 0.3) is 11.1 Å². The summed E-state index contributed by atoms with van der Waals surface area (Å²) in [7, 11) is 1.98. The molecule has 0 bridgehead atoms. The van der Waals surface area contributed by atoms with Gasteiger partial charge in [0.1, 0.15) is 11.5 Å². The lowest BCUT2D eigenvalue weighted by atomic mass is 9.98. The minimum absolute atomic E-state index is 0.0335. The van der Waals surface area contributed by atoms with E-state index in [2.05, 4.69) is 15.3 Å². The molecule has 160 valence electrons. The summed E-state index contributed by atoms with van der Waals surface area (Å²) in [5.74, 6) is -2.69. The standard InChI is InChI=1S/C21H25FN4O4/c1-4-30-21(29)16-13(2)23-18(17(16)14-5-7-15(22)8-6-14)19(27)20(28)24-26-11-9-25(3)10-12-26/h5-8,23H,4,9-12H2,1-3H3,(H,24,28). The van der Waals surface area contributed by atoms with Crippen molar-refractivity contribution in [2.45, 2.75) is 13.8 Å². The Labute approximate surface area is 174 Å². The molecule has 1 fully saturated rings. The number of Topliss-reactive ketones (excluding diaryl/α,β-unsaturated/α-hetero) is 1. The number of hydrogen-bond acceptors (Lipinski definition) is 6. The number of H-pyrrole nitrogens is 1. The van der Waals surface area contributed by atoms with Crippen LogP contribution in [0.4, 0.5) is 4.39 Å². The quantitative estimate of drug-likeness (QED) is 0.423. The zero-order chi connectivity index (χ0) is 21.8. The first-order valence-electron chi connectivity index (χ1n) is 9.76. The number of amides is 1. The number of hydrazine groups is 1. The third-order valence-corrected chi connectivity index (χ3v) is 5.00. The second kappa shape index (κ2) is 9.19. The van der Waals surface area contributed by atoms with Crippen LogP contribution < -0.4 is 5.43 Å². The van der Waals surface area contributed by atoms with E-state index in [1.165, 1.54) is 24.3 Å². The molecule has 2 aromatic rings. The molecule has 1 aromatic carbocycles. The molecule has 0 unspecified atom stereocenters. The van der Waals surface area contributed by atoms with E-state index in [0.29, 0.717) is 24.3 Å². The molecule has 0 saturated carbocycles. The average Bonchev–Trinajstić information content (AvgIpc) is 3.07. The molecule has 8 nitrogen and oxygen atoms in total. The van der Waals surface area contributed by atoms with Gasteiger partial charge in [-0.3, -0.25) is 15.0 Å². The number of ketones is 1. The Morgan fingerprint density at radius 1 is 1.13 bits per heavy atom. The van der Waals surface area contributed by atoms with Crippen LogP contribution in [0.2, 0.25) is 0 Å². The van der Waals surface area contributed by atoms with Gasteiger partial charge in [-0.05, 0) is 38.6 Å². The van der Waals surface area contributed by atoms with E-state index in [0.717, 1.165) is 13.1 Å². The Morgan fingerprint density at radius 3 is 2.37 bits per heavy atom. The fraction of sp³-hybridized carbons (Fsp3) is 0.381. The number of nitrogens with one attached hydrogen (secondary N) is 2. The van der Waals surface area contributed by atoms with Crippen molar-refractivity contribution >= 4 is 17.7 Å². The topological polar surface area (TPSA) is 94.7 Å². The minimum atomic E-state index is -0.813. The number of rotatable bonds is 6. The third kappa shape index (κ3) is 4.58. The van der Waals surface area contributed by atoms with Crippen LogP contribution in [0.1, 0.15) is 33.5 Å². The first kappa shape index (κ1) is 21.7. The van der Waals surface area contributed by atoms with Gasteiger partial charge in [-0.15, -0.1) is 0 Å². The van der Waals surface area contributed by atoms with E-state index in [1.54, 1.807) is 18.9 Å². The van der Waals surface area contributed by atoms with Crippen molar-refractivity contribution in [2.75, 3.05) is 39.8 Å². The maximum Gasteiger partial charge on any atom is 0.340 e. The van der Waals surface area contributed by atoms with E-state index in [-0.39, 0.29) is 23.4 Å². The summed E-state index contributed by atoms with van der Waals surface area (Å²) < 4.78 is 18.5. The highest BCUT2D eigenvalue weighted by Gasteiger charge is 2.30. The Bertz CT molecular complexity index is 947. The smallest absolute Gasteiger partial charge is 0.340 e. The summed E-state index contributed by atoms with van der Waals surface area (Å²) in [6.07, 6.45) is 0. The minimum Gasteiger partial charge on any atom is -0.462 e. The van der Waals surface area contributed by atoms with Gasteiger partial charge in [0.2, 0.25) is 0 Å². The summed E-state index contributed by atoms with van der Waals surface area (Å²) in [4.78, 5) is 43.1. The van der Waals surface area contributed by atoms with Crippen molar-refractivity contribution in [1.82, 2.24) is 20.3 Å². The van der Waals surface area contributed by atoms with Crippen molar-refractivity contribution in [1.29, 1.82) is 0 Å². The van der Waals surface area contributed by atoms with Crippen molar-refractivity contribution in [3.8, 4) is 11.1 Å². The number of aromatic amines is 1. The molecular formula is C21H25FN4O4. The van der Waals surface area contributed by atoms with Gasteiger partial charge in [0.05, 0.1) is 12.2 Å². The first-order valence-corrected chi connectivity index (χ1v) is 9.76. The molecule has 30 heavy (non-hydrogen) atoms. The molecule has 1 aliphatic heterocycles. The molecule has 9 heteroatoms. The van der Waals surface area contributed by atoms with Crippen LogP contribution in [0.15, 0.2) is 24.3 Å². The highest BCUT2D eigenvalue weighted by molar-refractivity contribution is 6.43. The number of aryl methyl sites for hydroxylation is 1. The fourth-order valence-corrected chi connectivity index (χ4v) is 3.39. The summed E-state index contributed by atoms with van der Waals surface area (Å²) in [5.41, 5.74) is 3.80. The predicted molar refractivity (Wildman–Crippen MR) is 108 cm³/mol. The van der Waals surface area contributed by atoms with Crippen molar-refractivity contribution in [3.05, 3.63) is 47.0 Å². The lowest BCUT2D eigenvalue weighted by Crippen LogP contribution is -2.54. The van der Waals surface area contributed by atoms with Crippen molar-refractivity contribution < 1.29 is 23.5 Å². The lowest BCUT2D eigenvalue weighted by molar-refractivity contribution is -0.122. The molecule has 3 rings (SSSR count). The van der Waals surface area contributed by atoms with Gasteiger partial charge in [-0.1, -0.05) is 12.1 Å².